The van der Waals surface area contributed by atoms with Gasteiger partial charge in [0.05, 0.1) is 6.54 Å². The van der Waals surface area contributed by atoms with Crippen molar-refractivity contribution in [2.45, 2.75) is 45.2 Å². The van der Waals surface area contributed by atoms with Crippen LogP contribution in [0.3, 0.4) is 0 Å². The van der Waals surface area contributed by atoms with Gasteiger partial charge in [0.2, 0.25) is 11.8 Å². The first-order valence-corrected chi connectivity index (χ1v) is 8.11. The van der Waals surface area contributed by atoms with E-state index in [-0.39, 0.29) is 30.0 Å². The van der Waals surface area contributed by atoms with Gasteiger partial charge in [-0.3, -0.25) is 9.59 Å². The normalized spacial score (nSPS) is 16.2. The number of hydrogen-bond acceptors (Lipinski definition) is 5. The van der Waals surface area contributed by atoms with Gasteiger partial charge in [-0.05, 0) is 19.8 Å². The van der Waals surface area contributed by atoms with Gasteiger partial charge in [-0.2, -0.15) is 0 Å². The van der Waals surface area contributed by atoms with E-state index < -0.39 is 12.0 Å². The second-order valence-corrected chi connectivity index (χ2v) is 6.30. The van der Waals surface area contributed by atoms with Gasteiger partial charge < -0.3 is 15.7 Å². The molecule has 8 heteroatoms. The fourth-order valence-corrected chi connectivity index (χ4v) is 3.10. The van der Waals surface area contributed by atoms with E-state index >= 15 is 0 Å². The Morgan fingerprint density at radius 1 is 1.41 bits per heavy atom. The number of thiazole rings is 1. The maximum atomic E-state index is 11.9. The topological polar surface area (TPSA) is 108 Å². The molecule has 1 aromatic rings. The third-order valence-electron chi connectivity index (χ3n) is 3.66. The zero-order valence-electron chi connectivity index (χ0n) is 12.3. The summed E-state index contributed by atoms with van der Waals surface area (Å²) in [6.07, 6.45) is 3.90. The number of hydrogen-bond donors (Lipinski definition) is 3. The summed E-state index contributed by atoms with van der Waals surface area (Å²) in [5.41, 5.74) is -0.0307. The largest absolute Gasteiger partial charge is 0.476 e. The molecule has 0 radical (unpaired) electrons. The molecule has 1 fully saturated rings. The van der Waals surface area contributed by atoms with Crippen molar-refractivity contribution >= 4 is 29.1 Å². The Morgan fingerprint density at radius 3 is 2.68 bits per heavy atom. The minimum Gasteiger partial charge on any atom is -0.476 e. The summed E-state index contributed by atoms with van der Waals surface area (Å²) < 4.78 is 0. The SMILES string of the molecule is CC(NC(=O)C1CCCC1)C(=O)NCc1nc(C(=O)O)cs1. The van der Waals surface area contributed by atoms with Crippen LogP contribution in [0.4, 0.5) is 0 Å². The third kappa shape index (κ3) is 4.27. The summed E-state index contributed by atoms with van der Waals surface area (Å²) in [6, 6.07) is -0.619. The molecule has 7 nitrogen and oxygen atoms in total. The number of carboxylic acid groups (broad SMARTS) is 1. The summed E-state index contributed by atoms with van der Waals surface area (Å²) in [7, 11) is 0. The maximum absolute atomic E-state index is 11.9. The highest BCUT2D eigenvalue weighted by Crippen LogP contribution is 2.24. The van der Waals surface area contributed by atoms with Gasteiger partial charge in [0.25, 0.3) is 0 Å². The molecule has 22 heavy (non-hydrogen) atoms. The Kier molecular flexibility index (Phi) is 5.48. The van der Waals surface area contributed by atoms with Gasteiger partial charge in [-0.1, -0.05) is 12.8 Å². The number of aromatic carboxylic acids is 1. The molecule has 1 unspecified atom stereocenters. The molecule has 2 rings (SSSR count). The minimum atomic E-state index is -1.09. The van der Waals surface area contributed by atoms with E-state index in [1.165, 1.54) is 16.7 Å². The number of carbonyl (C=O) groups excluding carboxylic acids is 2. The summed E-state index contributed by atoms with van der Waals surface area (Å²) in [6.45, 7) is 1.78. The van der Waals surface area contributed by atoms with Crippen LogP contribution in [0.1, 0.15) is 48.1 Å². The van der Waals surface area contributed by atoms with E-state index in [4.69, 9.17) is 5.11 Å². The highest BCUT2D eigenvalue weighted by molar-refractivity contribution is 7.09. The minimum absolute atomic E-state index is 0.0207. The molecule has 1 atom stereocenters. The molecule has 3 N–H and O–H groups in total. The predicted octanol–water partition coefficient (Wildman–Crippen LogP) is 1.15. The molecule has 0 bridgehead atoms. The zero-order valence-corrected chi connectivity index (χ0v) is 13.1. The number of carboxylic acids is 1. The fourth-order valence-electron chi connectivity index (χ4n) is 2.39. The highest BCUT2D eigenvalue weighted by atomic mass is 32.1. The van der Waals surface area contributed by atoms with E-state index in [0.717, 1.165) is 25.7 Å². The van der Waals surface area contributed by atoms with E-state index in [1.807, 2.05) is 0 Å². The Hall–Kier alpha value is -1.96. The molecule has 1 aliphatic carbocycles. The average Bonchev–Trinajstić information content (AvgIpc) is 3.15. The van der Waals surface area contributed by atoms with Gasteiger partial charge >= 0.3 is 5.97 Å². The van der Waals surface area contributed by atoms with Crippen LogP contribution in [0.2, 0.25) is 0 Å². The van der Waals surface area contributed by atoms with Crippen molar-refractivity contribution in [2.75, 3.05) is 0 Å². The first-order chi connectivity index (χ1) is 10.5. The van der Waals surface area contributed by atoms with Crippen molar-refractivity contribution < 1.29 is 19.5 Å². The van der Waals surface area contributed by atoms with Crippen molar-refractivity contribution in [1.29, 1.82) is 0 Å². The molecule has 2 amide bonds. The average molecular weight is 325 g/mol. The van der Waals surface area contributed by atoms with Gasteiger partial charge in [0.15, 0.2) is 5.69 Å². The molecular formula is C14H19N3O4S. The second kappa shape index (κ2) is 7.35. The summed E-state index contributed by atoms with van der Waals surface area (Å²) >= 11 is 1.17. The summed E-state index contributed by atoms with van der Waals surface area (Å²) in [5, 5.41) is 16.1. The fraction of sp³-hybridized carbons (Fsp3) is 0.571. The molecule has 1 aromatic heterocycles. The maximum Gasteiger partial charge on any atom is 0.355 e. The smallest absolute Gasteiger partial charge is 0.355 e. The van der Waals surface area contributed by atoms with Crippen LogP contribution in [-0.2, 0) is 16.1 Å². The van der Waals surface area contributed by atoms with Crippen molar-refractivity contribution in [3.8, 4) is 0 Å². The Labute approximate surface area is 132 Å². The zero-order chi connectivity index (χ0) is 16.1. The first-order valence-electron chi connectivity index (χ1n) is 7.23. The van der Waals surface area contributed by atoms with E-state index in [0.29, 0.717) is 5.01 Å². The molecule has 0 aliphatic heterocycles. The molecule has 1 saturated carbocycles. The highest BCUT2D eigenvalue weighted by Gasteiger charge is 2.25. The Bertz CT molecular complexity index is 566. The van der Waals surface area contributed by atoms with Crippen molar-refractivity contribution in [1.82, 2.24) is 15.6 Å². The number of rotatable bonds is 6. The number of nitrogens with zero attached hydrogens (tertiary/aromatic N) is 1. The number of carbonyl (C=O) groups is 3. The molecule has 0 saturated heterocycles. The van der Waals surface area contributed by atoms with Crippen LogP contribution < -0.4 is 10.6 Å². The van der Waals surface area contributed by atoms with Gasteiger partial charge in [-0.25, -0.2) is 9.78 Å². The van der Waals surface area contributed by atoms with Crippen LogP contribution in [0.5, 0.6) is 0 Å². The lowest BCUT2D eigenvalue weighted by Crippen LogP contribution is -2.46. The van der Waals surface area contributed by atoms with Crippen molar-refractivity contribution in [3.63, 3.8) is 0 Å². The van der Waals surface area contributed by atoms with Crippen LogP contribution in [0.25, 0.3) is 0 Å². The quantitative estimate of drug-likeness (QED) is 0.727. The Morgan fingerprint density at radius 2 is 2.09 bits per heavy atom. The molecule has 1 heterocycles. The van der Waals surface area contributed by atoms with Crippen molar-refractivity contribution in [2.24, 2.45) is 5.92 Å². The molecular weight excluding hydrogens is 306 g/mol. The number of nitrogens with one attached hydrogen (secondary N) is 2. The molecule has 0 aromatic carbocycles. The number of amides is 2. The third-order valence-corrected chi connectivity index (χ3v) is 4.51. The van der Waals surface area contributed by atoms with Crippen molar-refractivity contribution in [3.05, 3.63) is 16.1 Å². The van der Waals surface area contributed by atoms with Gasteiger partial charge in [0.1, 0.15) is 11.0 Å². The van der Waals surface area contributed by atoms with Crippen LogP contribution in [-0.4, -0.2) is 33.9 Å². The molecule has 120 valence electrons. The van der Waals surface area contributed by atoms with Crippen LogP contribution in [0, 0.1) is 5.92 Å². The summed E-state index contributed by atoms with van der Waals surface area (Å²) in [4.78, 5) is 38.5. The predicted molar refractivity (Wildman–Crippen MR) is 80.5 cm³/mol. The van der Waals surface area contributed by atoms with E-state index in [1.54, 1.807) is 6.92 Å². The molecule has 0 spiro atoms. The van der Waals surface area contributed by atoms with Crippen LogP contribution >= 0.6 is 11.3 Å². The van der Waals surface area contributed by atoms with Gasteiger partial charge in [-0.15, -0.1) is 11.3 Å². The van der Waals surface area contributed by atoms with E-state index in [9.17, 15) is 14.4 Å². The van der Waals surface area contributed by atoms with Gasteiger partial charge in [0, 0.05) is 11.3 Å². The first kappa shape index (κ1) is 16.4. The monoisotopic (exact) mass is 325 g/mol. The van der Waals surface area contributed by atoms with E-state index in [2.05, 4.69) is 15.6 Å². The van der Waals surface area contributed by atoms with Crippen LogP contribution in [0.15, 0.2) is 5.38 Å². The lowest BCUT2D eigenvalue weighted by molar-refractivity contribution is -0.130. The summed E-state index contributed by atoms with van der Waals surface area (Å²) in [5.74, 6) is -1.45. The lowest BCUT2D eigenvalue weighted by Gasteiger charge is -2.16. The Balaban J connectivity index is 1.78. The lowest BCUT2D eigenvalue weighted by atomic mass is 10.1. The molecule has 1 aliphatic rings. The second-order valence-electron chi connectivity index (χ2n) is 5.36. The number of aromatic nitrogens is 1. The standard InChI is InChI=1S/C14H19N3O4S/c1-8(16-13(19)9-4-2-3-5-9)12(18)15-6-11-17-10(7-22-11)14(20)21/h7-9H,2-6H2,1H3,(H,15,18)(H,16,19)(H,20,21).